The lowest BCUT2D eigenvalue weighted by Gasteiger charge is -2.26. The van der Waals surface area contributed by atoms with Crippen LogP contribution in [0.3, 0.4) is 0 Å². The number of oxazole rings is 1. The third-order valence-electron chi connectivity index (χ3n) is 5.21. The van der Waals surface area contributed by atoms with Crippen molar-refractivity contribution in [1.82, 2.24) is 14.8 Å². The molecule has 0 bridgehead atoms. The molecule has 4 rings (SSSR count). The molecule has 0 radical (unpaired) electrons. The number of piperidine rings is 1. The summed E-state index contributed by atoms with van der Waals surface area (Å²) in [5, 5.41) is 0. The van der Waals surface area contributed by atoms with Crippen molar-refractivity contribution < 1.29 is 14.0 Å². The van der Waals surface area contributed by atoms with E-state index in [1.165, 1.54) is 6.39 Å². The molecule has 2 aromatic rings. The van der Waals surface area contributed by atoms with Gasteiger partial charge in [-0.1, -0.05) is 18.2 Å². The van der Waals surface area contributed by atoms with Crippen molar-refractivity contribution in [2.45, 2.75) is 32.1 Å². The van der Waals surface area contributed by atoms with E-state index in [1.807, 2.05) is 28.0 Å². The Bertz CT molecular complexity index is 802. The van der Waals surface area contributed by atoms with Gasteiger partial charge in [0.25, 0.3) is 11.8 Å². The van der Waals surface area contributed by atoms with Crippen LogP contribution in [-0.4, -0.2) is 52.8 Å². The van der Waals surface area contributed by atoms with Crippen LogP contribution < -0.4 is 0 Å². The van der Waals surface area contributed by atoms with Gasteiger partial charge in [0.1, 0.15) is 0 Å². The summed E-state index contributed by atoms with van der Waals surface area (Å²) in [7, 11) is 0. The quantitative estimate of drug-likeness (QED) is 0.850. The number of amides is 2. The Hall–Kier alpha value is -2.63. The molecule has 1 aromatic heterocycles. The van der Waals surface area contributed by atoms with Gasteiger partial charge in [-0.15, -0.1) is 0 Å². The second-order valence-electron chi connectivity index (χ2n) is 6.93. The van der Waals surface area contributed by atoms with E-state index < -0.39 is 0 Å². The third kappa shape index (κ3) is 3.11. The minimum absolute atomic E-state index is 0.00845. The van der Waals surface area contributed by atoms with Gasteiger partial charge in [-0.2, -0.15) is 0 Å². The highest BCUT2D eigenvalue weighted by atomic mass is 16.3. The molecular formula is C20H23N3O3. The van der Waals surface area contributed by atoms with Crippen LogP contribution in [0.5, 0.6) is 0 Å². The summed E-state index contributed by atoms with van der Waals surface area (Å²) in [6, 6.07) is 7.33. The Balaban J connectivity index is 1.68. The normalized spacial score (nSPS) is 17.5. The maximum absolute atomic E-state index is 12.9. The summed E-state index contributed by atoms with van der Waals surface area (Å²) in [5.41, 5.74) is 1.51. The minimum Gasteiger partial charge on any atom is -0.443 e. The lowest BCUT2D eigenvalue weighted by molar-refractivity contribution is 0.0718. The van der Waals surface area contributed by atoms with Gasteiger partial charge in [0.05, 0.1) is 5.56 Å². The number of nitrogens with zero attached hydrogens (tertiary/aromatic N) is 3. The Morgan fingerprint density at radius 1 is 0.846 bits per heavy atom. The number of carbonyl (C=O) groups is 2. The molecule has 2 aliphatic heterocycles. The largest absolute Gasteiger partial charge is 0.443 e. The molecule has 0 spiro atoms. The molecule has 2 saturated heterocycles. The van der Waals surface area contributed by atoms with Crippen LogP contribution >= 0.6 is 0 Å². The van der Waals surface area contributed by atoms with E-state index in [2.05, 4.69) is 4.98 Å². The fourth-order valence-corrected chi connectivity index (χ4v) is 3.79. The molecule has 26 heavy (non-hydrogen) atoms. The molecule has 1 aromatic carbocycles. The molecule has 6 nitrogen and oxygen atoms in total. The average molecular weight is 353 g/mol. The standard InChI is InChI=1S/C20H23N3O3/c24-19(22-12-6-7-13-22)16-9-3-2-8-15(16)18-17(21-14-26-18)20(25)23-10-4-1-5-11-23/h2-3,8-9,14H,1,4-7,10-13H2. The lowest BCUT2D eigenvalue weighted by atomic mass is 10.0. The van der Waals surface area contributed by atoms with Crippen molar-refractivity contribution in [1.29, 1.82) is 0 Å². The van der Waals surface area contributed by atoms with E-state index >= 15 is 0 Å². The molecule has 0 aliphatic carbocycles. The van der Waals surface area contributed by atoms with Crippen molar-refractivity contribution in [3.05, 3.63) is 41.9 Å². The van der Waals surface area contributed by atoms with E-state index in [1.54, 1.807) is 6.07 Å². The highest BCUT2D eigenvalue weighted by Gasteiger charge is 2.28. The van der Waals surface area contributed by atoms with Crippen molar-refractivity contribution in [2.75, 3.05) is 26.2 Å². The lowest BCUT2D eigenvalue weighted by Crippen LogP contribution is -2.36. The molecule has 2 amide bonds. The van der Waals surface area contributed by atoms with Crippen molar-refractivity contribution in [2.24, 2.45) is 0 Å². The van der Waals surface area contributed by atoms with Crippen LogP contribution in [0.1, 0.15) is 53.0 Å². The summed E-state index contributed by atoms with van der Waals surface area (Å²) < 4.78 is 5.59. The first-order chi connectivity index (χ1) is 12.8. The molecule has 0 unspecified atom stereocenters. The van der Waals surface area contributed by atoms with Gasteiger partial charge in [-0.3, -0.25) is 9.59 Å². The van der Waals surface area contributed by atoms with Crippen molar-refractivity contribution in [3.63, 3.8) is 0 Å². The van der Waals surface area contributed by atoms with Gasteiger partial charge < -0.3 is 14.2 Å². The first kappa shape index (κ1) is 16.8. The Labute approximate surface area is 152 Å². The monoisotopic (exact) mass is 353 g/mol. The fourth-order valence-electron chi connectivity index (χ4n) is 3.79. The highest BCUT2D eigenvalue weighted by Crippen LogP contribution is 2.29. The van der Waals surface area contributed by atoms with Crippen LogP contribution in [-0.2, 0) is 0 Å². The first-order valence-corrected chi connectivity index (χ1v) is 9.37. The van der Waals surface area contributed by atoms with E-state index in [-0.39, 0.29) is 11.8 Å². The van der Waals surface area contributed by atoms with Crippen LogP contribution in [0.2, 0.25) is 0 Å². The van der Waals surface area contributed by atoms with Gasteiger partial charge in [-0.25, -0.2) is 4.98 Å². The van der Waals surface area contributed by atoms with Crippen LogP contribution in [0, 0.1) is 0 Å². The molecule has 0 N–H and O–H groups in total. The van der Waals surface area contributed by atoms with E-state index in [0.717, 1.165) is 58.3 Å². The second-order valence-corrected chi connectivity index (χ2v) is 6.93. The number of carbonyl (C=O) groups excluding carboxylic acids is 2. The van der Waals surface area contributed by atoms with Gasteiger partial charge in [-0.05, 0) is 38.2 Å². The van der Waals surface area contributed by atoms with Crippen LogP contribution in [0.4, 0.5) is 0 Å². The predicted octanol–water partition coefficient (Wildman–Crippen LogP) is 3.20. The molecule has 2 fully saturated rings. The Kier molecular flexibility index (Phi) is 4.73. The Morgan fingerprint density at radius 2 is 1.46 bits per heavy atom. The molecule has 0 saturated carbocycles. The highest BCUT2D eigenvalue weighted by molar-refractivity contribution is 6.04. The molecule has 3 heterocycles. The smallest absolute Gasteiger partial charge is 0.276 e. The van der Waals surface area contributed by atoms with Crippen LogP contribution in [0.15, 0.2) is 35.1 Å². The van der Waals surface area contributed by atoms with E-state index in [4.69, 9.17) is 4.42 Å². The zero-order valence-corrected chi connectivity index (χ0v) is 14.8. The zero-order valence-electron chi connectivity index (χ0n) is 14.8. The summed E-state index contributed by atoms with van der Waals surface area (Å²) in [6.07, 6.45) is 6.56. The summed E-state index contributed by atoms with van der Waals surface area (Å²) in [4.78, 5) is 33.7. The van der Waals surface area contributed by atoms with E-state index in [9.17, 15) is 9.59 Å². The number of benzene rings is 1. The maximum Gasteiger partial charge on any atom is 0.276 e. The summed E-state index contributed by atoms with van der Waals surface area (Å²) in [5.74, 6) is 0.270. The molecule has 136 valence electrons. The number of rotatable bonds is 3. The summed E-state index contributed by atoms with van der Waals surface area (Å²) in [6.45, 7) is 3.06. The Morgan fingerprint density at radius 3 is 2.19 bits per heavy atom. The number of aromatic nitrogens is 1. The topological polar surface area (TPSA) is 66.7 Å². The molecule has 2 aliphatic rings. The third-order valence-corrected chi connectivity index (χ3v) is 5.21. The SMILES string of the molecule is O=C(c1ccccc1-c1ocnc1C(=O)N1CCCCC1)N1CCCC1. The number of hydrogen-bond acceptors (Lipinski definition) is 4. The van der Waals surface area contributed by atoms with Gasteiger partial charge in [0, 0.05) is 31.7 Å². The maximum atomic E-state index is 12.9. The first-order valence-electron chi connectivity index (χ1n) is 9.37. The fraction of sp³-hybridized carbons (Fsp3) is 0.450. The molecular weight excluding hydrogens is 330 g/mol. The minimum atomic E-state index is -0.114. The number of hydrogen-bond donors (Lipinski definition) is 0. The zero-order chi connectivity index (χ0) is 17.9. The van der Waals surface area contributed by atoms with E-state index in [0.29, 0.717) is 22.6 Å². The van der Waals surface area contributed by atoms with Gasteiger partial charge >= 0.3 is 0 Å². The molecule has 0 atom stereocenters. The van der Waals surface area contributed by atoms with Gasteiger partial charge in [0.15, 0.2) is 17.8 Å². The number of likely N-dealkylation sites (tertiary alicyclic amines) is 2. The van der Waals surface area contributed by atoms with Crippen molar-refractivity contribution >= 4 is 11.8 Å². The average Bonchev–Trinajstić information content (AvgIpc) is 3.39. The molecule has 6 heteroatoms. The second kappa shape index (κ2) is 7.32. The summed E-state index contributed by atoms with van der Waals surface area (Å²) >= 11 is 0. The van der Waals surface area contributed by atoms with Gasteiger partial charge in [0.2, 0.25) is 0 Å². The van der Waals surface area contributed by atoms with Crippen molar-refractivity contribution in [3.8, 4) is 11.3 Å². The predicted molar refractivity (Wildman–Crippen MR) is 96.8 cm³/mol. The van der Waals surface area contributed by atoms with Crippen LogP contribution in [0.25, 0.3) is 11.3 Å².